The minimum atomic E-state index is -0.107. The molecule has 1 aromatic heterocycles. The largest absolute Gasteiger partial charge is 0.316 e. The highest BCUT2D eigenvalue weighted by molar-refractivity contribution is 7.99. The first-order chi connectivity index (χ1) is 12.5. The highest BCUT2D eigenvalue weighted by atomic mass is 35.5. The van der Waals surface area contributed by atoms with Gasteiger partial charge in [-0.2, -0.15) is 4.99 Å². The number of hydrogen-bond donors (Lipinski definition) is 0. The molecule has 1 amide bonds. The van der Waals surface area contributed by atoms with Gasteiger partial charge < -0.3 is 4.57 Å². The van der Waals surface area contributed by atoms with Crippen molar-refractivity contribution in [3.8, 4) is 0 Å². The fourth-order valence-electron chi connectivity index (χ4n) is 2.70. The number of halogens is 2. The summed E-state index contributed by atoms with van der Waals surface area (Å²) in [6.07, 6.45) is 0.394. The van der Waals surface area contributed by atoms with Crippen LogP contribution >= 0.6 is 46.3 Å². The summed E-state index contributed by atoms with van der Waals surface area (Å²) in [4.78, 5) is 18.5. The van der Waals surface area contributed by atoms with Gasteiger partial charge in [0.05, 0.1) is 10.2 Å². The molecule has 2 aromatic carbocycles. The lowest BCUT2D eigenvalue weighted by atomic mass is 10.2. The molecule has 0 saturated heterocycles. The van der Waals surface area contributed by atoms with Crippen LogP contribution in [-0.2, 0) is 11.3 Å². The number of carbonyl (C=O) groups excluding carboxylic acids is 1. The monoisotopic (exact) mass is 424 g/mol. The van der Waals surface area contributed by atoms with Crippen molar-refractivity contribution < 1.29 is 4.79 Å². The molecule has 0 aliphatic heterocycles. The van der Waals surface area contributed by atoms with E-state index in [0.29, 0.717) is 22.2 Å². The highest BCUT2D eigenvalue weighted by Crippen LogP contribution is 2.26. The zero-order valence-electron chi connectivity index (χ0n) is 14.5. The molecule has 0 radical (unpaired) electrons. The number of rotatable bonds is 5. The maximum absolute atomic E-state index is 12.3. The Morgan fingerprint density at radius 3 is 2.62 bits per heavy atom. The van der Waals surface area contributed by atoms with Gasteiger partial charge in [0.1, 0.15) is 0 Å². The third kappa shape index (κ3) is 4.52. The van der Waals surface area contributed by atoms with Crippen LogP contribution in [0.5, 0.6) is 0 Å². The SMILES string of the molecule is CCn1c(=NC(=O)CCSc2ccc(Cl)cc2)sc2cc(Cl)cc(C)c21. The van der Waals surface area contributed by atoms with Crippen molar-refractivity contribution in [2.75, 3.05) is 5.75 Å². The number of amides is 1. The number of benzene rings is 2. The number of aromatic nitrogens is 1. The van der Waals surface area contributed by atoms with Crippen LogP contribution in [-0.4, -0.2) is 16.2 Å². The molecule has 26 heavy (non-hydrogen) atoms. The summed E-state index contributed by atoms with van der Waals surface area (Å²) in [6, 6.07) is 11.5. The zero-order valence-corrected chi connectivity index (χ0v) is 17.6. The van der Waals surface area contributed by atoms with Crippen molar-refractivity contribution in [3.63, 3.8) is 0 Å². The Hall–Kier alpha value is -1.27. The van der Waals surface area contributed by atoms with E-state index in [9.17, 15) is 4.79 Å². The van der Waals surface area contributed by atoms with Crippen LogP contribution in [0.4, 0.5) is 0 Å². The van der Waals surface area contributed by atoms with Gasteiger partial charge in [-0.25, -0.2) is 0 Å². The number of nitrogens with zero attached hydrogens (tertiary/aromatic N) is 2. The van der Waals surface area contributed by atoms with Crippen LogP contribution < -0.4 is 4.80 Å². The van der Waals surface area contributed by atoms with Crippen molar-refractivity contribution in [2.45, 2.75) is 31.7 Å². The van der Waals surface area contributed by atoms with E-state index in [-0.39, 0.29) is 5.91 Å². The lowest BCUT2D eigenvalue weighted by molar-refractivity contribution is -0.117. The van der Waals surface area contributed by atoms with E-state index in [4.69, 9.17) is 23.2 Å². The highest BCUT2D eigenvalue weighted by Gasteiger charge is 2.10. The van der Waals surface area contributed by atoms with Gasteiger partial charge in [-0.3, -0.25) is 4.79 Å². The summed E-state index contributed by atoms with van der Waals surface area (Å²) in [5.74, 6) is 0.579. The molecule has 0 aliphatic rings. The van der Waals surface area contributed by atoms with E-state index in [0.717, 1.165) is 32.0 Å². The Balaban J connectivity index is 1.77. The van der Waals surface area contributed by atoms with Gasteiger partial charge in [0.2, 0.25) is 5.91 Å². The molecular formula is C19H18Cl2N2OS2. The molecule has 0 N–H and O–H groups in total. The minimum Gasteiger partial charge on any atom is -0.316 e. The summed E-state index contributed by atoms with van der Waals surface area (Å²) in [6.45, 7) is 4.84. The number of thioether (sulfide) groups is 1. The van der Waals surface area contributed by atoms with Gasteiger partial charge in [-0.05, 0) is 55.8 Å². The van der Waals surface area contributed by atoms with E-state index < -0.39 is 0 Å². The van der Waals surface area contributed by atoms with E-state index in [1.165, 1.54) is 11.3 Å². The summed E-state index contributed by atoms with van der Waals surface area (Å²) >= 11 is 15.2. The van der Waals surface area contributed by atoms with E-state index in [2.05, 4.69) is 16.5 Å². The van der Waals surface area contributed by atoms with E-state index in [1.54, 1.807) is 11.8 Å². The molecule has 0 spiro atoms. The van der Waals surface area contributed by atoms with Gasteiger partial charge >= 0.3 is 0 Å². The summed E-state index contributed by atoms with van der Waals surface area (Å²) in [7, 11) is 0. The average molecular weight is 425 g/mol. The number of fused-ring (bicyclic) bond motifs is 1. The Kier molecular flexibility index (Phi) is 6.46. The van der Waals surface area contributed by atoms with Gasteiger partial charge in [-0.1, -0.05) is 34.5 Å². The fraction of sp³-hybridized carbons (Fsp3) is 0.263. The molecule has 0 atom stereocenters. The second-order valence-electron chi connectivity index (χ2n) is 5.76. The molecule has 136 valence electrons. The maximum Gasteiger partial charge on any atom is 0.249 e. The molecule has 0 saturated carbocycles. The second kappa shape index (κ2) is 8.61. The molecule has 1 heterocycles. The maximum atomic E-state index is 12.3. The van der Waals surface area contributed by atoms with Crippen molar-refractivity contribution >= 4 is 62.4 Å². The predicted octanol–water partition coefficient (Wildman–Crippen LogP) is 5.95. The topological polar surface area (TPSA) is 34.4 Å². The lowest BCUT2D eigenvalue weighted by Crippen LogP contribution is -2.16. The Bertz CT molecular complexity index is 1010. The molecule has 0 unspecified atom stereocenters. The summed E-state index contributed by atoms with van der Waals surface area (Å²) in [5, 5.41) is 1.42. The summed E-state index contributed by atoms with van der Waals surface area (Å²) in [5.41, 5.74) is 2.20. The summed E-state index contributed by atoms with van der Waals surface area (Å²) < 4.78 is 3.13. The Morgan fingerprint density at radius 1 is 1.19 bits per heavy atom. The predicted molar refractivity (Wildman–Crippen MR) is 113 cm³/mol. The first-order valence-corrected chi connectivity index (χ1v) is 10.8. The number of thiazole rings is 1. The van der Waals surface area contributed by atoms with Gasteiger partial charge in [0, 0.05) is 33.7 Å². The minimum absolute atomic E-state index is 0.107. The Morgan fingerprint density at radius 2 is 1.92 bits per heavy atom. The normalized spacial score (nSPS) is 12.1. The van der Waals surface area contributed by atoms with Crippen LogP contribution in [0.25, 0.3) is 10.2 Å². The van der Waals surface area contributed by atoms with Crippen LogP contribution in [0.1, 0.15) is 18.9 Å². The molecule has 3 rings (SSSR count). The molecular weight excluding hydrogens is 407 g/mol. The molecule has 0 fully saturated rings. The third-order valence-corrected chi connectivity index (χ3v) is 6.38. The number of hydrogen-bond acceptors (Lipinski definition) is 3. The van der Waals surface area contributed by atoms with Crippen LogP contribution in [0, 0.1) is 6.92 Å². The third-order valence-electron chi connectivity index (χ3n) is 3.87. The van der Waals surface area contributed by atoms with Crippen molar-refractivity contribution in [1.29, 1.82) is 0 Å². The van der Waals surface area contributed by atoms with Crippen LogP contribution in [0.15, 0.2) is 46.3 Å². The quantitative estimate of drug-likeness (QED) is 0.474. The molecule has 0 bridgehead atoms. The molecule has 3 nitrogen and oxygen atoms in total. The van der Waals surface area contributed by atoms with Crippen LogP contribution in [0.2, 0.25) is 10.0 Å². The molecule has 0 aliphatic carbocycles. The van der Waals surface area contributed by atoms with Crippen molar-refractivity contribution in [2.24, 2.45) is 4.99 Å². The smallest absolute Gasteiger partial charge is 0.249 e. The number of aryl methyl sites for hydroxylation is 2. The second-order valence-corrected chi connectivity index (χ2v) is 8.81. The lowest BCUT2D eigenvalue weighted by Gasteiger charge is -2.04. The van der Waals surface area contributed by atoms with Gasteiger partial charge in [0.15, 0.2) is 4.80 Å². The molecule has 3 aromatic rings. The van der Waals surface area contributed by atoms with Gasteiger partial charge in [0.25, 0.3) is 0 Å². The standard InChI is InChI=1S/C19H18Cl2N2OS2/c1-3-23-18-12(2)10-14(21)11-16(18)26-19(23)22-17(24)8-9-25-15-6-4-13(20)5-7-15/h4-7,10-11H,3,8-9H2,1-2H3. The van der Waals surface area contributed by atoms with Crippen LogP contribution in [0.3, 0.4) is 0 Å². The van der Waals surface area contributed by atoms with Crippen molar-refractivity contribution in [1.82, 2.24) is 4.57 Å². The fourth-order valence-corrected chi connectivity index (χ4v) is 5.24. The average Bonchev–Trinajstić information content (AvgIpc) is 2.93. The van der Waals surface area contributed by atoms with E-state index >= 15 is 0 Å². The first-order valence-electron chi connectivity index (χ1n) is 8.23. The Labute approximate surface area is 170 Å². The zero-order chi connectivity index (χ0) is 18.7. The van der Waals surface area contributed by atoms with Gasteiger partial charge in [-0.15, -0.1) is 11.8 Å². The van der Waals surface area contributed by atoms with E-state index in [1.807, 2.05) is 43.3 Å². The number of carbonyl (C=O) groups is 1. The first kappa shape index (κ1) is 19.5. The molecule has 7 heteroatoms. The van der Waals surface area contributed by atoms with Crippen molar-refractivity contribution in [3.05, 3.63) is 56.8 Å².